The van der Waals surface area contributed by atoms with Gasteiger partial charge in [-0.05, 0) is 75.2 Å². The normalized spacial score (nSPS) is 10.2. The van der Waals surface area contributed by atoms with Crippen molar-refractivity contribution in [3.8, 4) is 10.6 Å². The Labute approximate surface area is 214 Å². The van der Waals surface area contributed by atoms with Gasteiger partial charge in [0.05, 0.1) is 10.6 Å². The second-order valence-electron chi connectivity index (χ2n) is 7.08. The highest BCUT2D eigenvalue weighted by molar-refractivity contribution is 9.10. The van der Waals surface area contributed by atoms with Crippen LogP contribution in [0.4, 0.5) is 0 Å². The summed E-state index contributed by atoms with van der Waals surface area (Å²) in [6, 6.07) is 31.9. The Kier molecular flexibility index (Phi) is 8.57. The quantitative estimate of drug-likeness (QED) is 0.195. The summed E-state index contributed by atoms with van der Waals surface area (Å²) in [6.45, 7) is 0. The maximum atomic E-state index is 8.89. The first-order valence-corrected chi connectivity index (χ1v) is 12.8. The highest BCUT2D eigenvalue weighted by Crippen LogP contribution is 2.31. The van der Waals surface area contributed by atoms with E-state index in [1.54, 1.807) is 23.6 Å². The molecule has 0 unspecified atom stereocenters. The van der Waals surface area contributed by atoms with E-state index in [2.05, 4.69) is 56.2 Å². The van der Waals surface area contributed by atoms with Crippen LogP contribution in [0, 0.1) is 0 Å². The SMILES string of the molecule is Brc1ccccn1.OB(O)c1cc2ccccc2s1.c1ccc(-c2cc3ccccc3s2)nc1. The van der Waals surface area contributed by atoms with Crippen molar-refractivity contribution in [2.45, 2.75) is 0 Å². The third kappa shape index (κ3) is 6.59. The predicted molar refractivity (Wildman–Crippen MR) is 149 cm³/mol. The molecule has 4 heterocycles. The number of rotatable bonds is 2. The number of pyridine rings is 2. The first-order chi connectivity index (χ1) is 16.6. The van der Waals surface area contributed by atoms with E-state index in [9.17, 15) is 0 Å². The Balaban J connectivity index is 0.000000129. The minimum absolute atomic E-state index is 0.594. The summed E-state index contributed by atoms with van der Waals surface area (Å²) < 4.78 is 3.88. The molecule has 0 amide bonds. The van der Waals surface area contributed by atoms with Gasteiger partial charge in [-0.3, -0.25) is 4.98 Å². The van der Waals surface area contributed by atoms with Crippen LogP contribution in [0.2, 0.25) is 0 Å². The zero-order valence-corrected chi connectivity index (χ0v) is 21.2. The molecule has 0 fully saturated rings. The number of halogens is 1. The van der Waals surface area contributed by atoms with Gasteiger partial charge >= 0.3 is 7.12 Å². The minimum atomic E-state index is -1.35. The molecule has 0 aliphatic heterocycles. The van der Waals surface area contributed by atoms with Crippen LogP contribution in [-0.4, -0.2) is 27.1 Å². The average Bonchev–Trinajstić information content (AvgIpc) is 3.51. The maximum Gasteiger partial charge on any atom is 0.499 e. The van der Waals surface area contributed by atoms with E-state index in [4.69, 9.17) is 10.0 Å². The van der Waals surface area contributed by atoms with Gasteiger partial charge in [0, 0.05) is 26.6 Å². The number of aromatic nitrogens is 2. The summed E-state index contributed by atoms with van der Waals surface area (Å²) in [5.74, 6) is 0. The summed E-state index contributed by atoms with van der Waals surface area (Å²) in [6.07, 6.45) is 3.57. The van der Waals surface area contributed by atoms with Crippen molar-refractivity contribution in [3.63, 3.8) is 0 Å². The Hall–Kier alpha value is -2.88. The zero-order chi connectivity index (χ0) is 23.8. The molecule has 4 aromatic heterocycles. The van der Waals surface area contributed by atoms with Crippen LogP contribution >= 0.6 is 38.6 Å². The van der Waals surface area contributed by atoms with Crippen molar-refractivity contribution in [3.05, 3.63) is 114 Å². The van der Waals surface area contributed by atoms with E-state index in [0.717, 1.165) is 20.4 Å². The maximum absolute atomic E-state index is 8.89. The lowest BCUT2D eigenvalue weighted by Gasteiger charge is -1.92. The van der Waals surface area contributed by atoms with Crippen molar-refractivity contribution >= 4 is 70.7 Å². The van der Waals surface area contributed by atoms with Crippen LogP contribution in [0.15, 0.2) is 114 Å². The highest BCUT2D eigenvalue weighted by Gasteiger charge is 2.13. The lowest BCUT2D eigenvalue weighted by Crippen LogP contribution is -2.26. The van der Waals surface area contributed by atoms with Crippen LogP contribution in [0.1, 0.15) is 0 Å². The molecule has 34 heavy (non-hydrogen) atoms. The van der Waals surface area contributed by atoms with Gasteiger partial charge in [-0.1, -0.05) is 48.5 Å². The molecule has 0 saturated heterocycles. The van der Waals surface area contributed by atoms with E-state index < -0.39 is 7.12 Å². The van der Waals surface area contributed by atoms with E-state index >= 15 is 0 Å². The fourth-order valence-electron chi connectivity index (χ4n) is 3.09. The molecule has 2 N–H and O–H groups in total. The standard InChI is InChI=1S/C13H9NS.C8H7BO2S.C5H4BrN/c1-2-7-12-10(5-1)9-13(15-12)11-6-3-4-8-14-11;10-9(11)8-5-6-3-1-2-4-7(6)12-8;6-5-3-1-2-4-7-5/h1-9H;1-5,10-11H;1-4H. The van der Waals surface area contributed by atoms with Gasteiger partial charge < -0.3 is 10.0 Å². The van der Waals surface area contributed by atoms with Crippen molar-refractivity contribution in [2.24, 2.45) is 0 Å². The molecule has 0 spiro atoms. The molecule has 0 radical (unpaired) electrons. The lowest BCUT2D eigenvalue weighted by molar-refractivity contribution is 0.427. The van der Waals surface area contributed by atoms with Gasteiger partial charge in [-0.2, -0.15) is 0 Å². The fraction of sp³-hybridized carbons (Fsp3) is 0. The lowest BCUT2D eigenvalue weighted by atomic mass is 9.89. The Morgan fingerprint density at radius 3 is 1.74 bits per heavy atom. The molecule has 6 rings (SSSR count). The largest absolute Gasteiger partial charge is 0.499 e. The summed E-state index contributed by atoms with van der Waals surface area (Å²) in [5, 5.41) is 20.1. The number of benzene rings is 2. The number of hydrogen-bond acceptors (Lipinski definition) is 6. The number of hydrogen-bond donors (Lipinski definition) is 2. The number of thiophene rings is 2. The zero-order valence-electron chi connectivity index (χ0n) is 18.0. The molecule has 0 saturated carbocycles. The summed E-state index contributed by atoms with van der Waals surface area (Å²) in [5.41, 5.74) is 1.05. The summed E-state index contributed by atoms with van der Waals surface area (Å²) >= 11 is 6.39. The van der Waals surface area contributed by atoms with Crippen molar-refractivity contribution in [1.29, 1.82) is 0 Å². The molecule has 0 atom stereocenters. The molecule has 0 bridgehead atoms. The Morgan fingerprint density at radius 2 is 1.24 bits per heavy atom. The van der Waals surface area contributed by atoms with Crippen LogP contribution in [0.5, 0.6) is 0 Å². The van der Waals surface area contributed by atoms with Gasteiger partial charge in [-0.15, -0.1) is 22.7 Å². The van der Waals surface area contributed by atoms with Crippen LogP contribution in [0.3, 0.4) is 0 Å². The van der Waals surface area contributed by atoms with Crippen molar-refractivity contribution in [1.82, 2.24) is 9.97 Å². The molecule has 168 valence electrons. The van der Waals surface area contributed by atoms with Crippen molar-refractivity contribution in [2.75, 3.05) is 0 Å². The first kappa shape index (κ1) is 24.3. The molecular weight excluding hydrogens is 527 g/mol. The van der Waals surface area contributed by atoms with E-state index in [1.807, 2.05) is 66.9 Å². The Morgan fingerprint density at radius 1 is 0.647 bits per heavy atom. The van der Waals surface area contributed by atoms with E-state index in [-0.39, 0.29) is 0 Å². The molecule has 2 aromatic carbocycles. The summed E-state index contributed by atoms with van der Waals surface area (Å²) in [4.78, 5) is 9.48. The topological polar surface area (TPSA) is 66.2 Å². The molecule has 0 aliphatic rings. The predicted octanol–water partition coefficient (Wildman–Crippen LogP) is 6.39. The van der Waals surface area contributed by atoms with Crippen LogP contribution in [-0.2, 0) is 0 Å². The third-order valence-electron chi connectivity index (χ3n) is 4.67. The fourth-order valence-corrected chi connectivity index (χ4v) is 5.34. The van der Waals surface area contributed by atoms with Gasteiger partial charge in [-0.25, -0.2) is 4.98 Å². The molecular formula is C26H20BBrN2O2S2. The third-order valence-corrected chi connectivity index (χ3v) is 7.43. The molecule has 4 nitrogen and oxygen atoms in total. The molecule has 0 aliphatic carbocycles. The number of fused-ring (bicyclic) bond motifs is 2. The van der Waals surface area contributed by atoms with Gasteiger partial charge in [0.15, 0.2) is 0 Å². The highest BCUT2D eigenvalue weighted by atomic mass is 79.9. The smallest absolute Gasteiger partial charge is 0.423 e. The van der Waals surface area contributed by atoms with Crippen LogP contribution < -0.4 is 4.78 Å². The van der Waals surface area contributed by atoms with Gasteiger partial charge in [0.2, 0.25) is 0 Å². The van der Waals surface area contributed by atoms with E-state index in [0.29, 0.717) is 4.78 Å². The molecule has 8 heteroatoms. The van der Waals surface area contributed by atoms with Gasteiger partial charge in [0.1, 0.15) is 4.60 Å². The summed E-state index contributed by atoms with van der Waals surface area (Å²) in [7, 11) is -1.35. The second kappa shape index (κ2) is 12.0. The minimum Gasteiger partial charge on any atom is -0.423 e. The van der Waals surface area contributed by atoms with E-state index in [1.165, 1.54) is 26.3 Å². The second-order valence-corrected chi connectivity index (χ2v) is 10.1. The first-order valence-electron chi connectivity index (χ1n) is 10.4. The monoisotopic (exact) mass is 546 g/mol. The van der Waals surface area contributed by atoms with Crippen molar-refractivity contribution < 1.29 is 10.0 Å². The molecule has 6 aromatic rings. The average molecular weight is 547 g/mol. The van der Waals surface area contributed by atoms with Crippen LogP contribution in [0.25, 0.3) is 30.7 Å². The van der Waals surface area contributed by atoms with Gasteiger partial charge in [0.25, 0.3) is 0 Å². The number of nitrogens with zero attached hydrogens (tertiary/aromatic N) is 2. The Bertz CT molecular complexity index is 1390.